The van der Waals surface area contributed by atoms with Gasteiger partial charge in [-0.2, -0.15) is 0 Å². The number of hydrogen-bond donors (Lipinski definition) is 1. The highest BCUT2D eigenvalue weighted by Crippen LogP contribution is 2.20. The van der Waals surface area contributed by atoms with Gasteiger partial charge in [0.15, 0.2) is 0 Å². The van der Waals surface area contributed by atoms with Gasteiger partial charge in [-0.1, -0.05) is 12.1 Å². The summed E-state index contributed by atoms with van der Waals surface area (Å²) >= 11 is 0. The van der Waals surface area contributed by atoms with Gasteiger partial charge in [0, 0.05) is 19.2 Å². The summed E-state index contributed by atoms with van der Waals surface area (Å²) in [5, 5.41) is 3.54. The molecular formula is C16H25NO2. The van der Waals surface area contributed by atoms with Crippen molar-refractivity contribution in [3.8, 4) is 5.75 Å². The highest BCUT2D eigenvalue weighted by molar-refractivity contribution is 5.30. The highest BCUT2D eigenvalue weighted by atomic mass is 16.5. The Kier molecular flexibility index (Phi) is 5.23. The van der Waals surface area contributed by atoms with Gasteiger partial charge in [-0.3, -0.25) is 0 Å². The van der Waals surface area contributed by atoms with E-state index in [1.165, 1.54) is 18.4 Å². The van der Waals surface area contributed by atoms with Gasteiger partial charge < -0.3 is 14.8 Å². The Hall–Kier alpha value is -1.06. The summed E-state index contributed by atoms with van der Waals surface area (Å²) in [7, 11) is 0. The molecule has 3 nitrogen and oxygen atoms in total. The summed E-state index contributed by atoms with van der Waals surface area (Å²) in [4.78, 5) is 0. The maximum absolute atomic E-state index is 5.73. The lowest BCUT2D eigenvalue weighted by molar-refractivity contribution is 0.108. The molecule has 106 valence electrons. The summed E-state index contributed by atoms with van der Waals surface area (Å²) in [5.74, 6) is 0.943. The van der Waals surface area contributed by atoms with Crippen LogP contribution in [0.4, 0.5) is 0 Å². The Bertz CT molecular complexity index is 386. The fourth-order valence-electron chi connectivity index (χ4n) is 2.36. The van der Waals surface area contributed by atoms with Gasteiger partial charge in [-0.15, -0.1) is 0 Å². The van der Waals surface area contributed by atoms with Crippen molar-refractivity contribution < 1.29 is 9.47 Å². The van der Waals surface area contributed by atoms with E-state index in [0.717, 1.165) is 18.9 Å². The molecule has 2 rings (SSSR count). The van der Waals surface area contributed by atoms with Crippen molar-refractivity contribution in [3.05, 3.63) is 29.8 Å². The Morgan fingerprint density at radius 2 is 2.21 bits per heavy atom. The predicted molar refractivity (Wildman–Crippen MR) is 77.6 cm³/mol. The molecule has 2 atom stereocenters. The van der Waals surface area contributed by atoms with Crippen LogP contribution in [0.1, 0.15) is 45.2 Å². The van der Waals surface area contributed by atoms with Crippen LogP contribution >= 0.6 is 0 Å². The lowest BCUT2D eigenvalue weighted by Crippen LogP contribution is -2.28. The van der Waals surface area contributed by atoms with Crippen LogP contribution < -0.4 is 10.1 Å². The van der Waals surface area contributed by atoms with Crippen LogP contribution in [0, 0.1) is 0 Å². The summed E-state index contributed by atoms with van der Waals surface area (Å²) in [6, 6.07) is 8.64. The second-order valence-corrected chi connectivity index (χ2v) is 5.50. The molecule has 1 fully saturated rings. The largest absolute Gasteiger partial charge is 0.491 e. The standard InChI is InChI=1S/C16H25NO2/c1-12(2)19-15-7-4-6-14(10-15)13(3)17-11-16-8-5-9-18-16/h4,6-7,10,12-13,16-17H,5,8-9,11H2,1-3H3/t13-,16+/m0/s1. The number of nitrogens with one attached hydrogen (secondary N) is 1. The van der Waals surface area contributed by atoms with E-state index in [1.54, 1.807) is 0 Å². The molecule has 0 saturated carbocycles. The predicted octanol–water partition coefficient (Wildman–Crippen LogP) is 3.30. The van der Waals surface area contributed by atoms with Crippen molar-refractivity contribution >= 4 is 0 Å². The molecule has 0 unspecified atom stereocenters. The molecule has 0 aliphatic carbocycles. The number of benzene rings is 1. The fourth-order valence-corrected chi connectivity index (χ4v) is 2.36. The van der Waals surface area contributed by atoms with E-state index in [4.69, 9.17) is 9.47 Å². The highest BCUT2D eigenvalue weighted by Gasteiger charge is 2.16. The first-order chi connectivity index (χ1) is 9.15. The molecule has 0 spiro atoms. The molecule has 1 aromatic rings. The number of ether oxygens (including phenoxy) is 2. The summed E-state index contributed by atoms with van der Waals surface area (Å²) < 4.78 is 11.4. The van der Waals surface area contributed by atoms with Crippen LogP contribution in [0.5, 0.6) is 5.75 Å². The minimum Gasteiger partial charge on any atom is -0.491 e. The molecule has 1 aliphatic heterocycles. The van der Waals surface area contributed by atoms with Crippen LogP contribution in [0.2, 0.25) is 0 Å². The maximum atomic E-state index is 5.73. The van der Waals surface area contributed by atoms with Gasteiger partial charge in [-0.05, 0) is 51.3 Å². The topological polar surface area (TPSA) is 30.5 Å². The van der Waals surface area contributed by atoms with E-state index in [-0.39, 0.29) is 6.10 Å². The van der Waals surface area contributed by atoms with Gasteiger partial charge in [0.1, 0.15) is 5.75 Å². The van der Waals surface area contributed by atoms with E-state index >= 15 is 0 Å². The average Bonchev–Trinajstić information content (AvgIpc) is 2.88. The van der Waals surface area contributed by atoms with E-state index < -0.39 is 0 Å². The molecule has 1 aliphatic rings. The van der Waals surface area contributed by atoms with Crippen molar-refractivity contribution in [2.75, 3.05) is 13.2 Å². The smallest absolute Gasteiger partial charge is 0.120 e. The normalized spacial score (nSPS) is 20.7. The molecule has 3 heteroatoms. The van der Waals surface area contributed by atoms with E-state index in [2.05, 4.69) is 30.4 Å². The Morgan fingerprint density at radius 3 is 2.89 bits per heavy atom. The SMILES string of the molecule is CC(C)Oc1cccc([C@H](C)NC[C@H]2CCCO2)c1. The fraction of sp³-hybridized carbons (Fsp3) is 0.625. The van der Waals surface area contributed by atoms with Crippen molar-refractivity contribution in [1.82, 2.24) is 5.32 Å². The van der Waals surface area contributed by atoms with Crippen molar-refractivity contribution in [2.24, 2.45) is 0 Å². The lowest BCUT2D eigenvalue weighted by atomic mass is 10.1. The second-order valence-electron chi connectivity index (χ2n) is 5.50. The molecule has 1 saturated heterocycles. The quantitative estimate of drug-likeness (QED) is 0.854. The van der Waals surface area contributed by atoms with Gasteiger partial charge in [0.2, 0.25) is 0 Å². The zero-order valence-electron chi connectivity index (χ0n) is 12.2. The van der Waals surface area contributed by atoms with Crippen molar-refractivity contribution in [2.45, 2.75) is 51.9 Å². The molecule has 0 bridgehead atoms. The van der Waals surface area contributed by atoms with Gasteiger partial charge in [-0.25, -0.2) is 0 Å². The molecule has 1 heterocycles. The van der Waals surface area contributed by atoms with Gasteiger partial charge in [0.05, 0.1) is 12.2 Å². The third kappa shape index (κ3) is 4.51. The third-order valence-corrected chi connectivity index (χ3v) is 3.41. The van der Waals surface area contributed by atoms with E-state index in [1.807, 2.05) is 19.9 Å². The summed E-state index contributed by atoms with van der Waals surface area (Å²) in [6.45, 7) is 8.12. The van der Waals surface area contributed by atoms with Crippen molar-refractivity contribution in [1.29, 1.82) is 0 Å². The molecule has 0 radical (unpaired) electrons. The van der Waals surface area contributed by atoms with Gasteiger partial charge >= 0.3 is 0 Å². The first kappa shape index (κ1) is 14.4. The van der Waals surface area contributed by atoms with Crippen LogP contribution in [0.25, 0.3) is 0 Å². The Balaban J connectivity index is 1.88. The lowest BCUT2D eigenvalue weighted by Gasteiger charge is -2.18. The minimum absolute atomic E-state index is 0.213. The van der Waals surface area contributed by atoms with Crippen molar-refractivity contribution in [3.63, 3.8) is 0 Å². The Morgan fingerprint density at radius 1 is 1.37 bits per heavy atom. The molecule has 19 heavy (non-hydrogen) atoms. The number of rotatable bonds is 6. The molecular weight excluding hydrogens is 238 g/mol. The third-order valence-electron chi connectivity index (χ3n) is 3.41. The van der Waals surface area contributed by atoms with E-state index in [9.17, 15) is 0 Å². The van der Waals surface area contributed by atoms with Crippen LogP contribution in [-0.4, -0.2) is 25.4 Å². The molecule has 0 amide bonds. The molecule has 1 aromatic carbocycles. The van der Waals surface area contributed by atoms with Gasteiger partial charge in [0.25, 0.3) is 0 Å². The molecule has 1 N–H and O–H groups in total. The summed E-state index contributed by atoms with van der Waals surface area (Å²) in [5.41, 5.74) is 1.26. The average molecular weight is 263 g/mol. The van der Waals surface area contributed by atoms with Crippen LogP contribution in [0.15, 0.2) is 24.3 Å². The Labute approximate surface area is 116 Å². The first-order valence-corrected chi connectivity index (χ1v) is 7.27. The van der Waals surface area contributed by atoms with Crippen LogP contribution in [-0.2, 0) is 4.74 Å². The zero-order valence-corrected chi connectivity index (χ0v) is 12.2. The van der Waals surface area contributed by atoms with E-state index in [0.29, 0.717) is 12.1 Å². The molecule has 0 aromatic heterocycles. The first-order valence-electron chi connectivity index (χ1n) is 7.27. The number of hydrogen-bond acceptors (Lipinski definition) is 3. The zero-order chi connectivity index (χ0) is 13.7. The minimum atomic E-state index is 0.213. The summed E-state index contributed by atoms with van der Waals surface area (Å²) in [6.07, 6.45) is 2.97. The second kappa shape index (κ2) is 6.92. The maximum Gasteiger partial charge on any atom is 0.120 e. The van der Waals surface area contributed by atoms with Crippen LogP contribution in [0.3, 0.4) is 0 Å². The monoisotopic (exact) mass is 263 g/mol.